The molecular formula is C27H33N7O5. The van der Waals surface area contributed by atoms with Crippen LogP contribution < -0.4 is 20.7 Å². The highest BCUT2D eigenvalue weighted by atomic mass is 16.6. The van der Waals surface area contributed by atoms with E-state index in [-0.39, 0.29) is 30.0 Å². The van der Waals surface area contributed by atoms with Gasteiger partial charge in [-0.2, -0.15) is 5.10 Å². The standard InChI is InChI=1S/C27H33N7O5/c1-7-21(35)17-13-28-22(32-25(36)16-11-19(16)31-26(37)39-27(2,3)4)12-20(17)30-18-10-8-9-15(23(18)38-6)24-29-14-34(5)33-24/h8-10,12-14,16,19H,7,11H2,1-6H3,(H,31,37)(H2,28,30,32,36)/t16-,19+/m1/s1. The zero-order chi connectivity index (χ0) is 28.3. The van der Waals surface area contributed by atoms with E-state index in [4.69, 9.17) is 9.47 Å². The van der Waals surface area contributed by atoms with Gasteiger partial charge < -0.3 is 25.4 Å². The van der Waals surface area contributed by atoms with Crippen LogP contribution in [0.4, 0.5) is 22.0 Å². The van der Waals surface area contributed by atoms with Gasteiger partial charge in [-0.15, -0.1) is 0 Å². The number of alkyl carbamates (subject to hydrolysis) is 1. The number of carbonyl (C=O) groups excluding carboxylic acids is 3. The number of carbonyl (C=O) groups is 3. The lowest BCUT2D eigenvalue weighted by atomic mass is 10.1. The molecule has 0 bridgehead atoms. The fourth-order valence-electron chi connectivity index (χ4n) is 4.00. The molecular weight excluding hydrogens is 502 g/mol. The molecule has 4 rings (SSSR count). The van der Waals surface area contributed by atoms with Gasteiger partial charge in [0.15, 0.2) is 17.4 Å². The fraction of sp³-hybridized carbons (Fsp3) is 0.407. The molecule has 206 valence electrons. The number of Topliss-reactive ketones (excluding diaryl/α,β-unsaturated/α-hetero) is 1. The highest BCUT2D eigenvalue weighted by Crippen LogP contribution is 2.38. The summed E-state index contributed by atoms with van der Waals surface area (Å²) in [5.74, 6) is 0.438. The molecule has 3 N–H and O–H groups in total. The van der Waals surface area contributed by atoms with E-state index in [2.05, 4.69) is 31.0 Å². The zero-order valence-electron chi connectivity index (χ0n) is 22.9. The molecule has 1 aliphatic rings. The number of methoxy groups -OCH3 is 1. The average Bonchev–Trinajstić information content (AvgIpc) is 3.50. The quantitative estimate of drug-likeness (QED) is 0.345. The van der Waals surface area contributed by atoms with Crippen LogP contribution in [0.2, 0.25) is 0 Å². The second-order valence-electron chi connectivity index (χ2n) is 10.2. The number of ether oxygens (including phenoxy) is 2. The number of para-hydroxylation sites is 1. The molecule has 2 aromatic heterocycles. The topological polar surface area (TPSA) is 149 Å². The number of nitrogens with zero attached hydrogens (tertiary/aromatic N) is 4. The molecule has 1 saturated carbocycles. The molecule has 12 heteroatoms. The summed E-state index contributed by atoms with van der Waals surface area (Å²) in [6, 6.07) is 6.76. The molecule has 1 fully saturated rings. The van der Waals surface area contributed by atoms with Crippen molar-refractivity contribution in [3.63, 3.8) is 0 Å². The summed E-state index contributed by atoms with van der Waals surface area (Å²) in [5, 5.41) is 13.1. The SMILES string of the molecule is CCC(=O)c1cnc(NC(=O)[C@@H]2C[C@@H]2NC(=O)OC(C)(C)C)cc1Nc1cccc(-c2ncn(C)n2)c1OC. The molecule has 3 aromatic rings. The Balaban J connectivity index is 1.54. The van der Waals surface area contributed by atoms with Crippen LogP contribution >= 0.6 is 0 Å². The van der Waals surface area contributed by atoms with Gasteiger partial charge in [0, 0.05) is 31.8 Å². The number of aromatic nitrogens is 4. The van der Waals surface area contributed by atoms with Gasteiger partial charge >= 0.3 is 6.09 Å². The van der Waals surface area contributed by atoms with Gasteiger partial charge in [-0.25, -0.2) is 14.8 Å². The minimum atomic E-state index is -0.627. The van der Waals surface area contributed by atoms with Gasteiger partial charge in [-0.3, -0.25) is 14.3 Å². The summed E-state index contributed by atoms with van der Waals surface area (Å²) in [7, 11) is 3.32. The van der Waals surface area contributed by atoms with E-state index in [1.54, 1.807) is 65.0 Å². The Bertz CT molecular complexity index is 1400. The third kappa shape index (κ3) is 6.70. The first-order chi connectivity index (χ1) is 18.5. The highest BCUT2D eigenvalue weighted by Gasteiger charge is 2.45. The van der Waals surface area contributed by atoms with Crippen LogP contribution in [-0.4, -0.2) is 56.3 Å². The smallest absolute Gasteiger partial charge is 0.407 e. The number of ketones is 1. The Hall–Kier alpha value is -4.48. The first-order valence-electron chi connectivity index (χ1n) is 12.6. The molecule has 39 heavy (non-hydrogen) atoms. The van der Waals surface area contributed by atoms with E-state index in [9.17, 15) is 14.4 Å². The normalized spacial score (nSPS) is 16.3. The number of amides is 2. The Morgan fingerprint density at radius 1 is 1.15 bits per heavy atom. The van der Waals surface area contributed by atoms with Crippen LogP contribution in [0.25, 0.3) is 11.4 Å². The first-order valence-corrected chi connectivity index (χ1v) is 12.6. The number of hydrogen-bond donors (Lipinski definition) is 3. The van der Waals surface area contributed by atoms with Crippen molar-refractivity contribution in [3.8, 4) is 17.1 Å². The molecule has 0 saturated heterocycles. The molecule has 0 radical (unpaired) electrons. The van der Waals surface area contributed by atoms with Gasteiger partial charge in [-0.05, 0) is 39.3 Å². The lowest BCUT2D eigenvalue weighted by molar-refractivity contribution is -0.117. The Morgan fingerprint density at radius 2 is 1.92 bits per heavy atom. The van der Waals surface area contributed by atoms with Crippen LogP contribution in [0.3, 0.4) is 0 Å². The lowest BCUT2D eigenvalue weighted by Crippen LogP contribution is -2.35. The van der Waals surface area contributed by atoms with Crippen molar-refractivity contribution in [3.05, 3.63) is 42.4 Å². The number of nitrogens with one attached hydrogen (secondary N) is 3. The molecule has 2 atom stereocenters. The predicted molar refractivity (Wildman–Crippen MR) is 145 cm³/mol. The molecule has 2 heterocycles. The van der Waals surface area contributed by atoms with Crippen molar-refractivity contribution in [2.24, 2.45) is 13.0 Å². The van der Waals surface area contributed by atoms with Gasteiger partial charge in [0.25, 0.3) is 0 Å². The Morgan fingerprint density at radius 3 is 2.56 bits per heavy atom. The molecule has 0 unspecified atom stereocenters. The minimum absolute atomic E-state index is 0.117. The molecule has 1 aromatic carbocycles. The summed E-state index contributed by atoms with van der Waals surface area (Å²) in [6.45, 7) is 7.08. The molecule has 1 aliphatic carbocycles. The lowest BCUT2D eigenvalue weighted by Gasteiger charge is -2.19. The van der Waals surface area contributed by atoms with Gasteiger partial charge in [0.05, 0.1) is 35.5 Å². The summed E-state index contributed by atoms with van der Waals surface area (Å²) in [6.07, 6.45) is 3.24. The van der Waals surface area contributed by atoms with Gasteiger partial charge in [0.2, 0.25) is 5.91 Å². The number of pyridine rings is 1. The van der Waals surface area contributed by atoms with Gasteiger partial charge in [0.1, 0.15) is 17.7 Å². The van der Waals surface area contributed by atoms with Crippen molar-refractivity contribution < 1.29 is 23.9 Å². The van der Waals surface area contributed by atoms with Crippen molar-refractivity contribution in [2.75, 3.05) is 17.7 Å². The number of aryl methyl sites for hydroxylation is 1. The summed E-state index contributed by atoms with van der Waals surface area (Å²) in [5.41, 5.74) is 1.45. The van der Waals surface area contributed by atoms with E-state index >= 15 is 0 Å². The molecule has 2 amide bonds. The first kappa shape index (κ1) is 27.6. The summed E-state index contributed by atoms with van der Waals surface area (Å²) < 4.78 is 12.5. The maximum atomic E-state index is 12.8. The van der Waals surface area contributed by atoms with Crippen molar-refractivity contribution in [1.29, 1.82) is 0 Å². The minimum Gasteiger partial charge on any atom is -0.494 e. The third-order valence-electron chi connectivity index (χ3n) is 5.94. The zero-order valence-corrected chi connectivity index (χ0v) is 22.9. The van der Waals surface area contributed by atoms with Crippen molar-refractivity contribution in [2.45, 2.75) is 52.2 Å². The van der Waals surface area contributed by atoms with Crippen LogP contribution in [0.5, 0.6) is 5.75 Å². The monoisotopic (exact) mass is 535 g/mol. The molecule has 0 aliphatic heterocycles. The van der Waals surface area contributed by atoms with Crippen LogP contribution in [0.1, 0.15) is 50.9 Å². The molecule has 12 nitrogen and oxygen atoms in total. The van der Waals surface area contributed by atoms with E-state index in [1.807, 2.05) is 12.1 Å². The second-order valence-corrected chi connectivity index (χ2v) is 10.2. The number of benzene rings is 1. The van der Waals surface area contributed by atoms with E-state index in [0.717, 1.165) is 0 Å². The number of anilines is 3. The van der Waals surface area contributed by atoms with Gasteiger partial charge in [-0.1, -0.05) is 13.0 Å². The van der Waals surface area contributed by atoms with Crippen molar-refractivity contribution >= 4 is 35.0 Å². The van der Waals surface area contributed by atoms with E-state index in [0.29, 0.717) is 40.5 Å². The van der Waals surface area contributed by atoms with E-state index < -0.39 is 17.6 Å². The number of rotatable bonds is 9. The fourth-order valence-corrected chi connectivity index (χ4v) is 4.00. The maximum Gasteiger partial charge on any atom is 0.407 e. The van der Waals surface area contributed by atoms with E-state index in [1.165, 1.54) is 6.20 Å². The highest BCUT2D eigenvalue weighted by molar-refractivity contribution is 6.03. The summed E-state index contributed by atoms with van der Waals surface area (Å²) in [4.78, 5) is 46.1. The van der Waals surface area contributed by atoms with Crippen LogP contribution in [0.15, 0.2) is 36.8 Å². The van der Waals surface area contributed by atoms with Crippen molar-refractivity contribution in [1.82, 2.24) is 25.1 Å². The number of hydrogen-bond acceptors (Lipinski definition) is 9. The largest absolute Gasteiger partial charge is 0.494 e. The summed E-state index contributed by atoms with van der Waals surface area (Å²) >= 11 is 0. The third-order valence-corrected chi connectivity index (χ3v) is 5.94. The second kappa shape index (κ2) is 11.1. The Kier molecular flexibility index (Phi) is 7.84. The average molecular weight is 536 g/mol. The maximum absolute atomic E-state index is 12.8. The van der Waals surface area contributed by atoms with Crippen LogP contribution in [0, 0.1) is 5.92 Å². The van der Waals surface area contributed by atoms with Crippen LogP contribution in [-0.2, 0) is 16.6 Å². The predicted octanol–water partition coefficient (Wildman–Crippen LogP) is 4.07. The molecule has 0 spiro atoms. The Labute approximate surface area is 226 Å².